The first kappa shape index (κ1) is 19.7. The van der Waals surface area contributed by atoms with Crippen molar-refractivity contribution >= 4 is 15.9 Å². The Morgan fingerprint density at radius 3 is 2.68 bits per heavy atom. The van der Waals surface area contributed by atoms with Gasteiger partial charge in [0.2, 0.25) is 10.0 Å². The van der Waals surface area contributed by atoms with Gasteiger partial charge in [0.25, 0.3) is 5.91 Å². The number of carbonyl (C=O) groups excluding carboxylic acids is 1. The summed E-state index contributed by atoms with van der Waals surface area (Å²) in [5, 5.41) is 2.76. The number of benzene rings is 1. The van der Waals surface area contributed by atoms with Crippen molar-refractivity contribution in [3.63, 3.8) is 0 Å². The van der Waals surface area contributed by atoms with E-state index in [1.54, 1.807) is 12.1 Å². The lowest BCUT2D eigenvalue weighted by atomic mass is 10.2. The topological polar surface area (TPSA) is 93.7 Å². The van der Waals surface area contributed by atoms with Crippen LogP contribution in [-0.2, 0) is 19.6 Å². The standard InChI is InChI=1S/C17H26N2O5S/c1-3-13(2)19-25(21,22)16-8-6-14(7-9-16)24-12-17(20)18-11-15-5-4-10-23-15/h6-9,13,15,19H,3-5,10-12H2,1-2H3,(H,18,20)/t13-,15+/m0/s1. The van der Waals surface area contributed by atoms with Gasteiger partial charge in [-0.2, -0.15) is 0 Å². The fraction of sp³-hybridized carbons (Fsp3) is 0.588. The smallest absolute Gasteiger partial charge is 0.258 e. The van der Waals surface area contributed by atoms with Crippen molar-refractivity contribution < 1.29 is 22.7 Å². The first-order chi connectivity index (χ1) is 11.9. The third-order valence-electron chi connectivity index (χ3n) is 4.02. The van der Waals surface area contributed by atoms with Gasteiger partial charge in [0.1, 0.15) is 5.75 Å². The van der Waals surface area contributed by atoms with Crippen LogP contribution in [0, 0.1) is 0 Å². The van der Waals surface area contributed by atoms with Crippen LogP contribution in [0.25, 0.3) is 0 Å². The lowest BCUT2D eigenvalue weighted by Gasteiger charge is -2.13. The first-order valence-corrected chi connectivity index (χ1v) is 10.0. The molecule has 1 aliphatic rings. The van der Waals surface area contributed by atoms with E-state index in [0.29, 0.717) is 18.7 Å². The van der Waals surface area contributed by atoms with E-state index in [-0.39, 0.29) is 29.6 Å². The molecule has 2 N–H and O–H groups in total. The Bertz CT molecular complexity index is 654. The molecule has 1 aromatic rings. The van der Waals surface area contributed by atoms with Gasteiger partial charge in [0.15, 0.2) is 6.61 Å². The summed E-state index contributed by atoms with van der Waals surface area (Å²) < 4.78 is 37.7. The molecule has 0 bridgehead atoms. The SMILES string of the molecule is CC[C@H](C)NS(=O)(=O)c1ccc(OCC(=O)NC[C@H]2CCCO2)cc1. The molecule has 0 aliphatic carbocycles. The Morgan fingerprint density at radius 1 is 1.36 bits per heavy atom. The van der Waals surface area contributed by atoms with E-state index >= 15 is 0 Å². The van der Waals surface area contributed by atoms with Crippen LogP contribution in [0.5, 0.6) is 5.75 Å². The van der Waals surface area contributed by atoms with Crippen LogP contribution in [0.2, 0.25) is 0 Å². The van der Waals surface area contributed by atoms with E-state index in [4.69, 9.17) is 9.47 Å². The quantitative estimate of drug-likeness (QED) is 0.686. The summed E-state index contributed by atoms with van der Waals surface area (Å²) in [6, 6.07) is 5.87. The predicted molar refractivity (Wildman–Crippen MR) is 94.0 cm³/mol. The Labute approximate surface area is 149 Å². The molecule has 1 aliphatic heterocycles. The lowest BCUT2D eigenvalue weighted by molar-refractivity contribution is -0.123. The molecule has 0 aromatic heterocycles. The minimum Gasteiger partial charge on any atom is -0.484 e. The summed E-state index contributed by atoms with van der Waals surface area (Å²) >= 11 is 0. The van der Waals surface area contributed by atoms with E-state index in [2.05, 4.69) is 10.0 Å². The van der Waals surface area contributed by atoms with Crippen LogP contribution >= 0.6 is 0 Å². The average Bonchev–Trinajstić information content (AvgIpc) is 3.11. The second kappa shape index (κ2) is 9.17. The Hall–Kier alpha value is -1.64. The fourth-order valence-corrected chi connectivity index (χ4v) is 3.69. The van der Waals surface area contributed by atoms with Crippen LogP contribution in [-0.4, -0.2) is 46.2 Å². The van der Waals surface area contributed by atoms with Crippen LogP contribution in [0.15, 0.2) is 29.2 Å². The van der Waals surface area contributed by atoms with Gasteiger partial charge in [-0.25, -0.2) is 13.1 Å². The highest BCUT2D eigenvalue weighted by Crippen LogP contribution is 2.16. The molecule has 2 rings (SSSR count). The highest BCUT2D eigenvalue weighted by atomic mass is 32.2. The van der Waals surface area contributed by atoms with Crippen molar-refractivity contribution in [3.05, 3.63) is 24.3 Å². The number of hydrogen-bond donors (Lipinski definition) is 2. The van der Waals surface area contributed by atoms with Gasteiger partial charge in [-0.3, -0.25) is 4.79 Å². The molecule has 1 amide bonds. The number of sulfonamides is 1. The molecular formula is C17H26N2O5S. The van der Waals surface area contributed by atoms with Gasteiger partial charge in [0, 0.05) is 19.2 Å². The van der Waals surface area contributed by atoms with E-state index in [1.807, 2.05) is 13.8 Å². The number of hydrogen-bond acceptors (Lipinski definition) is 5. The third-order valence-corrected chi connectivity index (χ3v) is 5.63. The minimum absolute atomic E-state index is 0.0893. The van der Waals surface area contributed by atoms with Crippen molar-refractivity contribution in [2.75, 3.05) is 19.8 Å². The van der Waals surface area contributed by atoms with Crippen LogP contribution in [0.1, 0.15) is 33.1 Å². The lowest BCUT2D eigenvalue weighted by Crippen LogP contribution is -2.35. The largest absolute Gasteiger partial charge is 0.484 e. The van der Waals surface area contributed by atoms with Crippen LogP contribution in [0.3, 0.4) is 0 Å². The molecule has 140 valence electrons. The summed E-state index contributed by atoms with van der Waals surface area (Å²) in [5.74, 6) is 0.209. The zero-order valence-electron chi connectivity index (χ0n) is 14.7. The van der Waals surface area contributed by atoms with Gasteiger partial charge in [0.05, 0.1) is 11.0 Å². The van der Waals surface area contributed by atoms with Crippen molar-refractivity contribution in [2.45, 2.75) is 50.2 Å². The molecule has 1 aromatic carbocycles. The maximum absolute atomic E-state index is 12.2. The summed E-state index contributed by atoms with van der Waals surface area (Å²) in [5.41, 5.74) is 0. The van der Waals surface area contributed by atoms with E-state index in [0.717, 1.165) is 19.4 Å². The number of amides is 1. The number of ether oxygens (including phenoxy) is 2. The van der Waals surface area contributed by atoms with Gasteiger partial charge in [-0.1, -0.05) is 6.92 Å². The molecule has 1 fully saturated rings. The Balaban J connectivity index is 1.80. The first-order valence-electron chi connectivity index (χ1n) is 8.54. The molecule has 2 atom stereocenters. The maximum Gasteiger partial charge on any atom is 0.258 e. The van der Waals surface area contributed by atoms with E-state index in [1.165, 1.54) is 12.1 Å². The number of carbonyl (C=O) groups is 1. The summed E-state index contributed by atoms with van der Waals surface area (Å²) in [4.78, 5) is 11.9. The van der Waals surface area contributed by atoms with Gasteiger partial charge in [-0.05, 0) is 50.5 Å². The van der Waals surface area contributed by atoms with Crippen LogP contribution < -0.4 is 14.8 Å². The van der Waals surface area contributed by atoms with Crippen molar-refractivity contribution in [3.8, 4) is 5.75 Å². The molecule has 0 radical (unpaired) electrons. The molecule has 0 saturated carbocycles. The van der Waals surface area contributed by atoms with Crippen LogP contribution in [0.4, 0.5) is 0 Å². The average molecular weight is 370 g/mol. The third kappa shape index (κ3) is 6.30. The maximum atomic E-state index is 12.2. The van der Waals surface area contributed by atoms with Crippen molar-refractivity contribution in [2.24, 2.45) is 0 Å². The molecule has 1 heterocycles. The Kier molecular flexibility index (Phi) is 7.22. The number of rotatable bonds is 9. The van der Waals surface area contributed by atoms with Gasteiger partial charge < -0.3 is 14.8 Å². The normalized spacial score (nSPS) is 18.7. The van der Waals surface area contributed by atoms with Crippen molar-refractivity contribution in [1.29, 1.82) is 0 Å². The highest BCUT2D eigenvalue weighted by molar-refractivity contribution is 7.89. The zero-order valence-corrected chi connectivity index (χ0v) is 15.5. The fourth-order valence-electron chi connectivity index (χ4n) is 2.36. The molecule has 1 saturated heterocycles. The van der Waals surface area contributed by atoms with E-state index < -0.39 is 10.0 Å². The molecule has 25 heavy (non-hydrogen) atoms. The molecular weight excluding hydrogens is 344 g/mol. The second-order valence-electron chi connectivity index (χ2n) is 6.13. The second-order valence-corrected chi connectivity index (χ2v) is 7.84. The molecule has 0 unspecified atom stereocenters. The Morgan fingerprint density at radius 2 is 2.08 bits per heavy atom. The van der Waals surface area contributed by atoms with E-state index in [9.17, 15) is 13.2 Å². The monoisotopic (exact) mass is 370 g/mol. The summed E-state index contributed by atoms with van der Waals surface area (Å²) in [6.07, 6.45) is 2.79. The minimum atomic E-state index is -3.54. The van der Waals surface area contributed by atoms with Gasteiger partial charge >= 0.3 is 0 Å². The number of nitrogens with one attached hydrogen (secondary N) is 2. The highest BCUT2D eigenvalue weighted by Gasteiger charge is 2.17. The van der Waals surface area contributed by atoms with Crippen molar-refractivity contribution in [1.82, 2.24) is 10.0 Å². The van der Waals surface area contributed by atoms with Gasteiger partial charge in [-0.15, -0.1) is 0 Å². The molecule has 0 spiro atoms. The molecule has 8 heteroatoms. The molecule has 7 nitrogen and oxygen atoms in total. The predicted octanol–water partition coefficient (Wildman–Crippen LogP) is 1.44. The summed E-state index contributed by atoms with van der Waals surface area (Å²) in [7, 11) is -3.54. The summed E-state index contributed by atoms with van der Waals surface area (Å²) in [6.45, 7) is 4.83. The zero-order chi connectivity index (χ0) is 18.3.